The van der Waals surface area contributed by atoms with Crippen LogP contribution in [0.3, 0.4) is 0 Å². The Hall–Kier alpha value is -3.01. The summed E-state index contributed by atoms with van der Waals surface area (Å²) >= 11 is 0. The van der Waals surface area contributed by atoms with E-state index in [2.05, 4.69) is 5.10 Å². The molecule has 0 radical (unpaired) electrons. The van der Waals surface area contributed by atoms with Crippen LogP contribution in [0.1, 0.15) is 87.4 Å². The van der Waals surface area contributed by atoms with Crippen LogP contribution >= 0.6 is 0 Å². The van der Waals surface area contributed by atoms with Crippen molar-refractivity contribution in [1.29, 1.82) is 0 Å². The van der Waals surface area contributed by atoms with Crippen molar-refractivity contribution in [3.63, 3.8) is 0 Å². The Kier molecular flexibility index (Phi) is 9.14. The van der Waals surface area contributed by atoms with E-state index >= 15 is 0 Å². The highest BCUT2D eigenvalue weighted by molar-refractivity contribution is 7.87. The third kappa shape index (κ3) is 6.11. The lowest BCUT2D eigenvalue weighted by Gasteiger charge is -2.14. The van der Waals surface area contributed by atoms with Crippen molar-refractivity contribution >= 4 is 27.2 Å². The van der Waals surface area contributed by atoms with E-state index < -0.39 is 20.8 Å². The van der Waals surface area contributed by atoms with Crippen LogP contribution in [0.25, 0.3) is 5.57 Å². The molecule has 34 heavy (non-hydrogen) atoms. The van der Waals surface area contributed by atoms with Crippen LogP contribution < -0.4 is 4.18 Å². The first-order valence-corrected chi connectivity index (χ1v) is 13.0. The summed E-state index contributed by atoms with van der Waals surface area (Å²) in [4.78, 5) is 24.8. The van der Waals surface area contributed by atoms with Crippen molar-refractivity contribution in [3.8, 4) is 5.88 Å². The Balaban J connectivity index is 2.66. The molecule has 0 aliphatic heterocycles. The normalized spacial score (nSPS) is 11.4. The molecular formula is C24H33N3O6S. The number of benzene rings is 1. The lowest BCUT2D eigenvalue weighted by atomic mass is 9.90. The van der Waals surface area contributed by atoms with Crippen LogP contribution in [0, 0.1) is 17.0 Å². The third-order valence-electron chi connectivity index (χ3n) is 5.72. The highest BCUT2D eigenvalue weighted by Gasteiger charge is 2.28. The van der Waals surface area contributed by atoms with Gasteiger partial charge in [-0.05, 0) is 57.7 Å². The van der Waals surface area contributed by atoms with E-state index in [1.807, 2.05) is 27.7 Å². The van der Waals surface area contributed by atoms with E-state index in [0.717, 1.165) is 18.4 Å². The first-order valence-electron chi connectivity index (χ1n) is 11.4. The predicted molar refractivity (Wildman–Crippen MR) is 132 cm³/mol. The SMILES string of the molecule is CCCCn1ncc(C(=O)c2ccc([N+](=O)[O-])c(C(C)=C(C)C)c2C)c1OS(=O)(=O)CCCC. The van der Waals surface area contributed by atoms with Crippen LogP contribution in [-0.4, -0.2) is 34.7 Å². The molecule has 0 bridgehead atoms. The number of ketones is 1. The fraction of sp³-hybridized carbons (Fsp3) is 0.500. The van der Waals surface area contributed by atoms with Gasteiger partial charge in [0.1, 0.15) is 5.56 Å². The van der Waals surface area contributed by atoms with Crippen LogP contribution in [0.5, 0.6) is 5.88 Å². The molecule has 2 rings (SSSR count). The van der Waals surface area contributed by atoms with E-state index in [9.17, 15) is 23.3 Å². The lowest BCUT2D eigenvalue weighted by molar-refractivity contribution is -0.385. The molecule has 0 saturated carbocycles. The molecule has 2 aromatic rings. The zero-order valence-electron chi connectivity index (χ0n) is 20.7. The zero-order chi connectivity index (χ0) is 25.6. The zero-order valence-corrected chi connectivity index (χ0v) is 21.5. The minimum atomic E-state index is -3.92. The largest absolute Gasteiger partial charge is 0.361 e. The summed E-state index contributed by atoms with van der Waals surface area (Å²) in [5, 5.41) is 15.9. The molecular weight excluding hydrogens is 458 g/mol. The maximum atomic E-state index is 13.6. The second-order valence-corrected chi connectivity index (χ2v) is 10.2. The van der Waals surface area contributed by atoms with Gasteiger partial charge in [-0.2, -0.15) is 13.5 Å². The Morgan fingerprint density at radius 3 is 2.32 bits per heavy atom. The number of nitrogens with zero attached hydrogens (tertiary/aromatic N) is 3. The summed E-state index contributed by atoms with van der Waals surface area (Å²) in [6.07, 6.45) is 3.98. The maximum Gasteiger partial charge on any atom is 0.310 e. The summed E-state index contributed by atoms with van der Waals surface area (Å²) in [6.45, 7) is 11.4. The van der Waals surface area contributed by atoms with Gasteiger partial charge in [0, 0.05) is 18.2 Å². The van der Waals surface area contributed by atoms with Gasteiger partial charge in [-0.1, -0.05) is 32.3 Å². The molecule has 1 heterocycles. The lowest BCUT2D eigenvalue weighted by Crippen LogP contribution is -2.18. The van der Waals surface area contributed by atoms with Gasteiger partial charge in [-0.3, -0.25) is 14.9 Å². The Labute approximate surface area is 201 Å². The second kappa shape index (κ2) is 11.4. The molecule has 10 heteroatoms. The van der Waals surface area contributed by atoms with E-state index in [0.29, 0.717) is 36.1 Å². The number of nitro groups is 1. The molecule has 0 saturated heterocycles. The molecule has 0 unspecified atom stereocenters. The quantitative estimate of drug-likeness (QED) is 0.167. The summed E-state index contributed by atoms with van der Waals surface area (Å²) < 4.78 is 31.9. The number of carbonyl (C=O) groups excluding carboxylic acids is 1. The van der Waals surface area contributed by atoms with Crippen LogP contribution in [0.15, 0.2) is 23.9 Å². The van der Waals surface area contributed by atoms with E-state index in [1.54, 1.807) is 13.8 Å². The molecule has 9 nitrogen and oxygen atoms in total. The molecule has 186 valence electrons. The molecule has 0 fully saturated rings. The highest BCUT2D eigenvalue weighted by atomic mass is 32.2. The Bertz CT molecular complexity index is 1210. The number of nitro benzene ring substituents is 1. The number of aryl methyl sites for hydroxylation is 1. The first kappa shape index (κ1) is 27.2. The fourth-order valence-corrected chi connectivity index (χ4v) is 4.67. The van der Waals surface area contributed by atoms with Crippen LogP contribution in [0.4, 0.5) is 5.69 Å². The van der Waals surface area contributed by atoms with E-state index in [-0.39, 0.29) is 28.4 Å². The fourth-order valence-electron chi connectivity index (χ4n) is 3.53. The molecule has 0 aliphatic carbocycles. The third-order valence-corrected chi connectivity index (χ3v) is 6.92. The molecule has 1 aromatic heterocycles. The van der Waals surface area contributed by atoms with Crippen LogP contribution in [-0.2, 0) is 16.7 Å². The Morgan fingerprint density at radius 2 is 1.76 bits per heavy atom. The van der Waals surface area contributed by atoms with Gasteiger partial charge >= 0.3 is 10.1 Å². The number of hydrogen-bond donors (Lipinski definition) is 0. The van der Waals surface area contributed by atoms with Gasteiger partial charge in [0.15, 0.2) is 5.78 Å². The summed E-state index contributed by atoms with van der Waals surface area (Å²) in [7, 11) is -3.92. The number of aromatic nitrogens is 2. The Morgan fingerprint density at radius 1 is 1.12 bits per heavy atom. The number of allylic oxidation sites excluding steroid dienone is 2. The number of rotatable bonds is 12. The van der Waals surface area contributed by atoms with Crippen molar-refractivity contribution in [3.05, 3.63) is 56.3 Å². The minimum absolute atomic E-state index is 0.00827. The summed E-state index contributed by atoms with van der Waals surface area (Å²) in [5.74, 6) is -0.789. The van der Waals surface area contributed by atoms with Crippen LogP contribution in [0.2, 0.25) is 0 Å². The van der Waals surface area contributed by atoms with Gasteiger partial charge in [-0.15, -0.1) is 0 Å². The summed E-state index contributed by atoms with van der Waals surface area (Å²) in [6, 6.07) is 2.71. The molecule has 0 amide bonds. The predicted octanol–water partition coefficient (Wildman–Crippen LogP) is 5.45. The average molecular weight is 492 g/mol. The van der Waals surface area contributed by atoms with Crippen molar-refractivity contribution in [1.82, 2.24) is 9.78 Å². The van der Waals surface area contributed by atoms with Gasteiger partial charge in [0.2, 0.25) is 5.88 Å². The monoisotopic (exact) mass is 491 g/mol. The van der Waals surface area contributed by atoms with Gasteiger partial charge in [-0.25, -0.2) is 4.68 Å². The molecule has 0 N–H and O–H groups in total. The number of hydrogen-bond acceptors (Lipinski definition) is 7. The van der Waals surface area contributed by atoms with Crippen molar-refractivity contribution in [2.24, 2.45) is 0 Å². The summed E-state index contributed by atoms with van der Waals surface area (Å²) in [5.41, 5.74) is 2.56. The highest BCUT2D eigenvalue weighted by Crippen LogP contribution is 2.35. The number of carbonyl (C=O) groups is 1. The topological polar surface area (TPSA) is 121 Å². The standard InChI is InChI=1S/C24H33N3O6S/c1-7-9-13-26-24(33-34(31,32)14-10-8-2)20(15-25-26)23(28)19-11-12-21(27(29)30)22(18(19)6)17(5)16(3)4/h11-12,15H,7-10,13-14H2,1-6H3. The smallest absolute Gasteiger partial charge is 0.310 e. The number of unbranched alkanes of at least 4 members (excludes halogenated alkanes) is 2. The molecule has 0 aliphatic rings. The second-order valence-electron chi connectivity index (χ2n) is 8.48. The van der Waals surface area contributed by atoms with E-state index in [1.165, 1.54) is 23.0 Å². The first-order chi connectivity index (χ1) is 15.9. The van der Waals surface area contributed by atoms with Gasteiger partial charge in [0.05, 0.1) is 22.4 Å². The van der Waals surface area contributed by atoms with E-state index in [4.69, 9.17) is 4.18 Å². The molecule has 0 atom stereocenters. The van der Waals surface area contributed by atoms with Crippen molar-refractivity contribution in [2.45, 2.75) is 73.8 Å². The maximum absolute atomic E-state index is 13.6. The average Bonchev–Trinajstić information content (AvgIpc) is 3.16. The van der Waals surface area contributed by atoms with Gasteiger partial charge in [0.25, 0.3) is 5.69 Å². The molecule has 1 aromatic carbocycles. The van der Waals surface area contributed by atoms with Crippen molar-refractivity contribution < 1.29 is 22.3 Å². The van der Waals surface area contributed by atoms with Gasteiger partial charge < -0.3 is 4.18 Å². The van der Waals surface area contributed by atoms with Crippen molar-refractivity contribution in [2.75, 3.05) is 5.75 Å². The minimum Gasteiger partial charge on any atom is -0.361 e. The molecule has 0 spiro atoms.